The fraction of sp³-hybridized carbons (Fsp3) is 0.476. The molecule has 3 N–H and O–H groups in total. The van der Waals surface area contributed by atoms with Gasteiger partial charge in [0.05, 0.1) is 0 Å². The summed E-state index contributed by atoms with van der Waals surface area (Å²) in [4.78, 5) is 35.2. The minimum Gasteiger partial charge on any atom is -0.473 e. The minimum absolute atomic E-state index is 0.251. The molecule has 0 radical (unpaired) electrons. The Balaban J connectivity index is 0.000000438. The molecule has 2 heterocycles. The number of hydrogen-bond acceptors (Lipinski definition) is 5. The van der Waals surface area contributed by atoms with Crippen LogP contribution >= 0.6 is 0 Å². The number of carbonyl (C=O) groups is 3. The van der Waals surface area contributed by atoms with E-state index in [0.717, 1.165) is 58.7 Å². The van der Waals surface area contributed by atoms with Crippen LogP contribution in [0.3, 0.4) is 0 Å². The summed E-state index contributed by atoms with van der Waals surface area (Å²) in [5, 5.41) is 18.1. The lowest BCUT2D eigenvalue weighted by Crippen LogP contribution is -2.51. The van der Waals surface area contributed by atoms with E-state index in [9.17, 15) is 4.79 Å². The normalized spacial score (nSPS) is 18.1. The third kappa shape index (κ3) is 8.05. The lowest BCUT2D eigenvalue weighted by molar-refractivity contribution is -0.159. The molecule has 1 aromatic carbocycles. The van der Waals surface area contributed by atoms with Crippen LogP contribution in [-0.2, 0) is 14.4 Å². The van der Waals surface area contributed by atoms with Crippen molar-refractivity contribution in [1.29, 1.82) is 0 Å². The molecule has 1 aromatic rings. The summed E-state index contributed by atoms with van der Waals surface area (Å²) < 4.78 is 0. The van der Waals surface area contributed by atoms with E-state index in [4.69, 9.17) is 19.8 Å². The number of carboxylic acids is 2. The van der Waals surface area contributed by atoms with E-state index >= 15 is 0 Å². The number of carboxylic acid groups (broad SMARTS) is 2. The Hall–Kier alpha value is -2.71. The van der Waals surface area contributed by atoms with Crippen molar-refractivity contribution in [3.63, 3.8) is 0 Å². The first kappa shape index (κ1) is 22.6. The Bertz CT molecular complexity index is 682. The smallest absolute Gasteiger partial charge is 0.414 e. The van der Waals surface area contributed by atoms with Crippen LogP contribution in [0.1, 0.15) is 18.4 Å². The van der Waals surface area contributed by atoms with Gasteiger partial charge in [-0.2, -0.15) is 0 Å². The molecule has 8 nitrogen and oxygen atoms in total. The van der Waals surface area contributed by atoms with Crippen molar-refractivity contribution in [2.75, 3.05) is 45.8 Å². The molecule has 2 saturated heterocycles. The van der Waals surface area contributed by atoms with Crippen molar-refractivity contribution < 1.29 is 24.6 Å². The second-order valence-corrected chi connectivity index (χ2v) is 7.07. The Kier molecular flexibility index (Phi) is 9.33. The number of benzene rings is 1. The lowest BCUT2D eigenvalue weighted by Gasteiger charge is -2.36. The monoisotopic (exact) mass is 403 g/mol. The van der Waals surface area contributed by atoms with E-state index in [1.54, 1.807) is 0 Å². The maximum Gasteiger partial charge on any atom is 0.414 e. The molecule has 158 valence electrons. The quantitative estimate of drug-likeness (QED) is 0.643. The number of aliphatic carboxylic acids is 2. The first-order valence-corrected chi connectivity index (χ1v) is 9.87. The predicted molar refractivity (Wildman–Crippen MR) is 109 cm³/mol. The first-order chi connectivity index (χ1) is 14.0. The molecule has 1 amide bonds. The minimum atomic E-state index is -1.82. The Morgan fingerprint density at radius 1 is 0.966 bits per heavy atom. The summed E-state index contributed by atoms with van der Waals surface area (Å²) in [5.41, 5.74) is 1.24. The molecule has 3 rings (SSSR count). The van der Waals surface area contributed by atoms with E-state index in [1.165, 1.54) is 5.56 Å². The van der Waals surface area contributed by atoms with E-state index in [-0.39, 0.29) is 5.92 Å². The lowest BCUT2D eigenvalue weighted by atomic mass is 9.96. The average molecular weight is 403 g/mol. The number of piperidine rings is 1. The molecule has 0 unspecified atom stereocenters. The van der Waals surface area contributed by atoms with Crippen molar-refractivity contribution in [2.45, 2.75) is 12.8 Å². The number of amides is 1. The van der Waals surface area contributed by atoms with Gasteiger partial charge in [0, 0.05) is 38.6 Å². The van der Waals surface area contributed by atoms with Crippen molar-refractivity contribution in [2.24, 2.45) is 5.92 Å². The summed E-state index contributed by atoms with van der Waals surface area (Å²) in [6, 6.07) is 10.4. The molecular weight excluding hydrogens is 374 g/mol. The van der Waals surface area contributed by atoms with Crippen LogP contribution in [0.5, 0.6) is 0 Å². The molecule has 0 spiro atoms. The van der Waals surface area contributed by atoms with E-state index in [0.29, 0.717) is 5.91 Å². The molecule has 29 heavy (non-hydrogen) atoms. The van der Waals surface area contributed by atoms with E-state index in [2.05, 4.69) is 51.5 Å². The maximum atomic E-state index is 12.5. The summed E-state index contributed by atoms with van der Waals surface area (Å²) in [5.74, 6) is -3.02. The fourth-order valence-corrected chi connectivity index (χ4v) is 3.38. The van der Waals surface area contributed by atoms with Gasteiger partial charge in [-0.25, -0.2) is 9.59 Å². The maximum absolute atomic E-state index is 12.5. The highest BCUT2D eigenvalue weighted by Crippen LogP contribution is 2.16. The van der Waals surface area contributed by atoms with Gasteiger partial charge in [0.25, 0.3) is 0 Å². The number of nitrogens with one attached hydrogen (secondary N) is 1. The molecule has 2 fully saturated rings. The zero-order chi connectivity index (χ0) is 21.1. The van der Waals surface area contributed by atoms with Crippen molar-refractivity contribution in [3.8, 4) is 0 Å². The summed E-state index contributed by atoms with van der Waals surface area (Å²) >= 11 is 0. The van der Waals surface area contributed by atoms with Crippen molar-refractivity contribution >= 4 is 23.9 Å². The van der Waals surface area contributed by atoms with Gasteiger partial charge in [0.1, 0.15) is 0 Å². The van der Waals surface area contributed by atoms with Crippen LogP contribution in [0.2, 0.25) is 0 Å². The topological polar surface area (TPSA) is 110 Å². The molecule has 0 saturated carbocycles. The molecular formula is C21H29N3O5. The zero-order valence-corrected chi connectivity index (χ0v) is 16.5. The van der Waals surface area contributed by atoms with Gasteiger partial charge in [-0.05, 0) is 31.5 Å². The van der Waals surface area contributed by atoms with Gasteiger partial charge in [-0.1, -0.05) is 42.5 Å². The van der Waals surface area contributed by atoms with E-state index < -0.39 is 11.9 Å². The van der Waals surface area contributed by atoms with Gasteiger partial charge >= 0.3 is 11.9 Å². The molecule has 8 heteroatoms. The Labute approximate surface area is 170 Å². The van der Waals surface area contributed by atoms with Crippen molar-refractivity contribution in [1.82, 2.24) is 15.1 Å². The molecule has 0 aliphatic carbocycles. The van der Waals surface area contributed by atoms with Gasteiger partial charge in [0.15, 0.2) is 0 Å². The number of nitrogens with zero attached hydrogens (tertiary/aromatic N) is 2. The van der Waals surface area contributed by atoms with E-state index in [1.807, 2.05) is 6.07 Å². The van der Waals surface area contributed by atoms with Gasteiger partial charge in [-0.15, -0.1) is 0 Å². The highest BCUT2D eigenvalue weighted by molar-refractivity contribution is 6.27. The van der Waals surface area contributed by atoms with Crippen LogP contribution in [0.15, 0.2) is 36.4 Å². The summed E-state index contributed by atoms with van der Waals surface area (Å²) in [6.07, 6.45) is 6.39. The van der Waals surface area contributed by atoms with Crippen LogP contribution < -0.4 is 5.32 Å². The van der Waals surface area contributed by atoms with Gasteiger partial charge < -0.3 is 20.4 Å². The third-order valence-corrected chi connectivity index (χ3v) is 5.03. The fourth-order valence-electron chi connectivity index (χ4n) is 3.38. The molecule has 0 aromatic heterocycles. The zero-order valence-electron chi connectivity index (χ0n) is 16.5. The molecule has 2 aliphatic rings. The summed E-state index contributed by atoms with van der Waals surface area (Å²) in [7, 11) is 0. The number of hydrogen-bond donors (Lipinski definition) is 3. The second kappa shape index (κ2) is 12.0. The van der Waals surface area contributed by atoms with Crippen LogP contribution in [0.25, 0.3) is 6.08 Å². The third-order valence-electron chi connectivity index (χ3n) is 5.03. The molecule has 2 aliphatic heterocycles. The predicted octanol–water partition coefficient (Wildman–Crippen LogP) is 0.999. The Morgan fingerprint density at radius 2 is 1.55 bits per heavy atom. The molecule has 0 bridgehead atoms. The number of piperazine rings is 1. The highest BCUT2D eigenvalue weighted by Gasteiger charge is 2.27. The van der Waals surface area contributed by atoms with Crippen LogP contribution in [0.4, 0.5) is 0 Å². The van der Waals surface area contributed by atoms with Gasteiger partial charge in [-0.3, -0.25) is 9.69 Å². The first-order valence-electron chi connectivity index (χ1n) is 9.87. The number of rotatable bonds is 4. The highest BCUT2D eigenvalue weighted by atomic mass is 16.4. The van der Waals surface area contributed by atoms with Crippen LogP contribution in [0, 0.1) is 5.92 Å². The average Bonchev–Trinajstić information content (AvgIpc) is 2.75. The molecule has 0 atom stereocenters. The van der Waals surface area contributed by atoms with Crippen molar-refractivity contribution in [3.05, 3.63) is 42.0 Å². The van der Waals surface area contributed by atoms with Crippen LogP contribution in [-0.4, -0.2) is 83.7 Å². The number of carbonyl (C=O) groups excluding carboxylic acids is 1. The largest absolute Gasteiger partial charge is 0.473 e. The standard InChI is InChI=1S/C19H27N3O.C2H2O4/c23-19(18-8-10-20-11-9-18)22-15-13-21(14-16-22)12-4-7-17-5-2-1-3-6-17;3-1(4)2(5)6/h1-7,18,20H,8-16H2;(H,3,4)(H,5,6). The Morgan fingerprint density at radius 3 is 2.10 bits per heavy atom. The van der Waals surface area contributed by atoms with Gasteiger partial charge in [0.2, 0.25) is 5.91 Å². The SMILES string of the molecule is O=C(C1CCNCC1)N1CCN(CC=Cc2ccccc2)CC1.O=C(O)C(=O)O. The second-order valence-electron chi connectivity index (χ2n) is 7.07. The summed E-state index contributed by atoms with van der Waals surface area (Å²) in [6.45, 7) is 6.65.